The second-order valence-corrected chi connectivity index (χ2v) is 10.5. The van der Waals surface area contributed by atoms with Crippen molar-refractivity contribution in [1.29, 1.82) is 10.8 Å². The molecule has 0 atom stereocenters. The molecule has 2 aromatic carbocycles. The quantitative estimate of drug-likeness (QED) is 0.271. The van der Waals surface area contributed by atoms with Crippen molar-refractivity contribution < 1.29 is 27.4 Å². The summed E-state index contributed by atoms with van der Waals surface area (Å²) in [6.45, 7) is 2.72. The molecular formula is C25H30FN5O5S. The Hall–Kier alpha value is -3.93. The van der Waals surface area contributed by atoms with Crippen molar-refractivity contribution in [2.75, 3.05) is 29.7 Å². The smallest absolute Gasteiger partial charge is 0.320 e. The molecule has 1 saturated heterocycles. The number of nitrogens with two attached hydrogens (primary N) is 1. The van der Waals surface area contributed by atoms with Crippen LogP contribution in [0.3, 0.4) is 0 Å². The number of sulfonamides is 1. The van der Waals surface area contributed by atoms with E-state index in [1.54, 1.807) is 37.3 Å². The van der Waals surface area contributed by atoms with Crippen molar-refractivity contribution in [1.82, 2.24) is 4.90 Å². The highest BCUT2D eigenvalue weighted by Gasteiger charge is 2.27. The van der Waals surface area contributed by atoms with Crippen molar-refractivity contribution in [2.24, 2.45) is 5.73 Å². The van der Waals surface area contributed by atoms with Crippen LogP contribution in [0.4, 0.5) is 10.1 Å². The van der Waals surface area contributed by atoms with Gasteiger partial charge in [-0.2, -0.15) is 0 Å². The number of hydrogen-bond acceptors (Lipinski definition) is 6. The molecule has 5 N–H and O–H groups in total. The summed E-state index contributed by atoms with van der Waals surface area (Å²) in [6, 6.07) is 10.5. The highest BCUT2D eigenvalue weighted by atomic mass is 32.2. The Morgan fingerprint density at radius 2 is 1.95 bits per heavy atom. The average molecular weight is 532 g/mol. The molecule has 2 aromatic rings. The van der Waals surface area contributed by atoms with Crippen LogP contribution in [0.2, 0.25) is 0 Å². The summed E-state index contributed by atoms with van der Waals surface area (Å²) in [7, 11) is -4.33. The third-order valence-electron chi connectivity index (χ3n) is 5.83. The van der Waals surface area contributed by atoms with E-state index in [1.807, 2.05) is 4.90 Å². The normalized spacial score (nSPS) is 14.5. The van der Waals surface area contributed by atoms with Crippen LogP contribution >= 0.6 is 0 Å². The molecule has 0 radical (unpaired) electrons. The number of nitrogens with one attached hydrogen (secondary N) is 2. The van der Waals surface area contributed by atoms with Gasteiger partial charge in [0.25, 0.3) is 0 Å². The van der Waals surface area contributed by atoms with Crippen molar-refractivity contribution >= 4 is 39.4 Å². The van der Waals surface area contributed by atoms with Gasteiger partial charge in [0, 0.05) is 37.6 Å². The molecule has 10 nitrogen and oxygen atoms in total. The van der Waals surface area contributed by atoms with Gasteiger partial charge in [-0.25, -0.2) is 12.8 Å². The van der Waals surface area contributed by atoms with Gasteiger partial charge in [-0.05, 0) is 30.7 Å². The zero-order valence-corrected chi connectivity index (χ0v) is 21.2. The number of aliphatic carboxylic acids is 1. The fourth-order valence-electron chi connectivity index (χ4n) is 3.94. The minimum Gasteiger partial charge on any atom is -0.487 e. The number of benzene rings is 2. The molecule has 0 aromatic heterocycles. The average Bonchev–Trinajstić information content (AvgIpc) is 2.83. The van der Waals surface area contributed by atoms with E-state index in [0.717, 1.165) is 10.4 Å². The van der Waals surface area contributed by atoms with Crippen LogP contribution in [0, 0.1) is 16.6 Å². The molecule has 0 amide bonds. The topological polar surface area (TPSA) is 161 Å². The molecular weight excluding hydrogens is 501 g/mol. The predicted octanol–water partition coefficient (Wildman–Crippen LogP) is 2.88. The number of rotatable bonds is 10. The number of ether oxygens (including phenoxy) is 1. The van der Waals surface area contributed by atoms with Gasteiger partial charge in [-0.1, -0.05) is 30.4 Å². The minimum absolute atomic E-state index is 0.0269. The molecule has 198 valence electrons. The van der Waals surface area contributed by atoms with Crippen LogP contribution < -0.4 is 14.8 Å². The van der Waals surface area contributed by atoms with Gasteiger partial charge in [0.05, 0.1) is 18.1 Å². The van der Waals surface area contributed by atoms with Gasteiger partial charge in [0.15, 0.2) is 17.3 Å². The first-order valence-corrected chi connectivity index (χ1v) is 13.2. The number of carboxylic acids is 1. The summed E-state index contributed by atoms with van der Waals surface area (Å²) in [5.74, 6) is -3.13. The van der Waals surface area contributed by atoms with Crippen LogP contribution in [0.15, 0.2) is 48.5 Å². The molecule has 3 rings (SSSR count). The Kier molecular flexibility index (Phi) is 8.87. The number of hydrogen-bond donors (Lipinski definition) is 4. The number of nitrogens with zero attached hydrogens (tertiary/aromatic N) is 2. The molecule has 0 spiro atoms. The third-order valence-corrected chi connectivity index (χ3v) is 7.48. The van der Waals surface area contributed by atoms with Crippen LogP contribution in [-0.4, -0.2) is 67.6 Å². The van der Waals surface area contributed by atoms with E-state index in [2.05, 4.69) is 0 Å². The Balaban J connectivity index is 1.80. The first-order chi connectivity index (χ1) is 17.5. The number of carboxylic acid groups (broad SMARTS) is 1. The number of piperidine rings is 1. The number of carbonyl (C=O) groups is 1. The van der Waals surface area contributed by atoms with Gasteiger partial charge in [0.1, 0.15) is 11.9 Å². The van der Waals surface area contributed by atoms with Gasteiger partial charge in [0.2, 0.25) is 10.0 Å². The summed E-state index contributed by atoms with van der Waals surface area (Å²) in [5.41, 5.74) is 6.61. The molecule has 1 fully saturated rings. The van der Waals surface area contributed by atoms with Crippen molar-refractivity contribution in [3.8, 4) is 5.75 Å². The fraction of sp³-hybridized carbons (Fsp3) is 0.320. The van der Waals surface area contributed by atoms with Gasteiger partial charge < -0.3 is 20.5 Å². The zero-order valence-electron chi connectivity index (χ0n) is 20.4. The molecule has 37 heavy (non-hydrogen) atoms. The molecule has 0 bridgehead atoms. The molecule has 12 heteroatoms. The lowest BCUT2D eigenvalue weighted by Crippen LogP contribution is -2.40. The summed E-state index contributed by atoms with van der Waals surface area (Å²) < 4.78 is 47.2. The molecule has 0 saturated carbocycles. The van der Waals surface area contributed by atoms with Gasteiger partial charge in [-0.3, -0.25) is 19.9 Å². The SMILES string of the molecule is CC(=N)N1CCC(Oc2ccc(N(CC=Cc3cccc(C(=N)N)c3)S(=O)(=O)CC(=O)O)cc2F)CC1. The number of nitrogen functional groups attached to an aromatic ring is 1. The Morgan fingerprint density at radius 3 is 2.54 bits per heavy atom. The lowest BCUT2D eigenvalue weighted by molar-refractivity contribution is -0.134. The number of likely N-dealkylation sites (tertiary alicyclic amines) is 1. The lowest BCUT2D eigenvalue weighted by Gasteiger charge is -2.33. The van der Waals surface area contributed by atoms with E-state index in [1.165, 1.54) is 18.2 Å². The summed E-state index contributed by atoms with van der Waals surface area (Å²) in [4.78, 5) is 13.1. The van der Waals surface area contributed by atoms with Crippen LogP contribution in [0.25, 0.3) is 6.08 Å². The van der Waals surface area contributed by atoms with Crippen molar-refractivity contribution in [2.45, 2.75) is 25.9 Å². The van der Waals surface area contributed by atoms with Crippen LogP contribution in [0.5, 0.6) is 5.75 Å². The largest absolute Gasteiger partial charge is 0.487 e. The van der Waals surface area contributed by atoms with E-state index < -0.39 is 27.6 Å². The first kappa shape index (κ1) is 27.7. The lowest BCUT2D eigenvalue weighted by atomic mass is 10.1. The van der Waals surface area contributed by atoms with Crippen LogP contribution in [0.1, 0.15) is 30.9 Å². The Bertz CT molecular complexity index is 1310. The second kappa shape index (κ2) is 11.9. The number of halogens is 1. The van der Waals surface area contributed by atoms with E-state index in [9.17, 15) is 17.6 Å². The van der Waals surface area contributed by atoms with Gasteiger partial charge in [-0.15, -0.1) is 0 Å². The van der Waals surface area contributed by atoms with E-state index in [0.29, 0.717) is 42.9 Å². The highest BCUT2D eigenvalue weighted by molar-refractivity contribution is 7.93. The first-order valence-electron chi connectivity index (χ1n) is 11.6. The molecule has 1 aliphatic heterocycles. The zero-order chi connectivity index (χ0) is 27.2. The Morgan fingerprint density at radius 1 is 1.24 bits per heavy atom. The molecule has 0 aliphatic carbocycles. The molecule has 1 heterocycles. The summed E-state index contributed by atoms with van der Waals surface area (Å²) in [6.07, 6.45) is 4.10. The number of amidine groups is 2. The highest BCUT2D eigenvalue weighted by Crippen LogP contribution is 2.28. The summed E-state index contributed by atoms with van der Waals surface area (Å²) >= 11 is 0. The standard InChI is InChI=1S/C25H30FN5O5S/c1-17(27)30-12-9-21(10-13-30)36-23-8-7-20(15-22(23)26)31(37(34,35)16-24(32)33)11-3-5-18-4-2-6-19(14-18)25(28)29/h2-8,14-15,21,27H,9-13,16H2,1H3,(H3,28,29)(H,32,33). The third kappa shape index (κ3) is 7.53. The maximum absolute atomic E-state index is 15.0. The van der Waals surface area contributed by atoms with Crippen molar-refractivity contribution in [3.05, 3.63) is 65.5 Å². The number of anilines is 1. The Labute approximate surface area is 215 Å². The maximum Gasteiger partial charge on any atom is 0.320 e. The van der Waals surface area contributed by atoms with Crippen LogP contribution in [-0.2, 0) is 14.8 Å². The summed E-state index contributed by atoms with van der Waals surface area (Å²) in [5, 5.41) is 24.3. The second-order valence-electron chi connectivity index (χ2n) is 8.63. The molecule has 0 unspecified atom stereocenters. The maximum atomic E-state index is 15.0. The van der Waals surface area contributed by atoms with Gasteiger partial charge >= 0.3 is 5.97 Å². The van der Waals surface area contributed by atoms with Crippen molar-refractivity contribution in [3.63, 3.8) is 0 Å². The molecule has 1 aliphatic rings. The fourth-order valence-corrected chi connectivity index (χ4v) is 5.15. The van der Waals surface area contributed by atoms with E-state index in [-0.39, 0.29) is 29.9 Å². The monoisotopic (exact) mass is 531 g/mol. The predicted molar refractivity (Wildman–Crippen MR) is 140 cm³/mol. The van der Waals surface area contributed by atoms with E-state index >= 15 is 0 Å². The minimum atomic E-state index is -4.33. The van der Waals surface area contributed by atoms with E-state index in [4.69, 9.17) is 26.4 Å².